The number of nitrogens with two attached hydrogens (primary N) is 1. The fourth-order valence-corrected chi connectivity index (χ4v) is 2.86. The maximum atomic E-state index is 11.1. The number of fused-ring (bicyclic) bond motifs is 1. The first-order valence-electron chi connectivity index (χ1n) is 5.01. The molecule has 0 aliphatic rings. The van der Waals surface area contributed by atoms with Crippen LogP contribution in [0.3, 0.4) is 0 Å². The zero-order valence-electron chi connectivity index (χ0n) is 10.7. The zero-order chi connectivity index (χ0) is 15.3. The summed E-state index contributed by atoms with van der Waals surface area (Å²) in [6, 6.07) is 3.55. The molecule has 0 aliphatic heterocycles. The third-order valence-electron chi connectivity index (χ3n) is 2.60. The summed E-state index contributed by atoms with van der Waals surface area (Å²) in [6.07, 6.45) is 0. The maximum Gasteiger partial charge on any atom is 1.00 e. The van der Waals surface area contributed by atoms with E-state index in [1.54, 1.807) is 0 Å². The Labute approximate surface area is 142 Å². The van der Waals surface area contributed by atoms with E-state index in [9.17, 15) is 21.9 Å². The predicted octanol–water partition coefficient (Wildman–Crippen LogP) is -2.37. The van der Waals surface area contributed by atoms with Crippen molar-refractivity contribution in [1.82, 2.24) is 0 Å². The Balaban J connectivity index is 0.00000220. The number of phenols is 1. The standard InChI is InChI=1S/C10H9NO7S2.Na/c11-8-3-6(19(13,14)15)1-5-2-7(20(16,17)18)4-9(12)10(5)8;/h1-4,12H,11H2,(H,13,14,15)(H,16,17,18);/q;+1. The van der Waals surface area contributed by atoms with Crippen molar-refractivity contribution in [2.24, 2.45) is 0 Å². The first-order chi connectivity index (χ1) is 9.00. The van der Waals surface area contributed by atoms with Gasteiger partial charge in [-0.3, -0.25) is 9.11 Å². The minimum Gasteiger partial charge on any atom is -0.507 e. The molecule has 5 N–H and O–H groups in total. The topological polar surface area (TPSA) is 155 Å². The van der Waals surface area contributed by atoms with Gasteiger partial charge in [0.2, 0.25) is 0 Å². The number of benzene rings is 2. The molecule has 0 aromatic heterocycles. The number of nitrogen functional groups attached to an aromatic ring is 1. The van der Waals surface area contributed by atoms with E-state index in [2.05, 4.69) is 0 Å². The molecule has 0 radical (unpaired) electrons. The van der Waals surface area contributed by atoms with Gasteiger partial charge in [-0.1, -0.05) is 0 Å². The van der Waals surface area contributed by atoms with E-state index in [4.69, 9.17) is 14.8 Å². The molecule has 2 aromatic carbocycles. The minimum absolute atomic E-state index is 0. The van der Waals surface area contributed by atoms with Crippen molar-refractivity contribution in [3.8, 4) is 5.75 Å². The Morgan fingerprint density at radius 1 is 0.857 bits per heavy atom. The average molecular weight is 342 g/mol. The van der Waals surface area contributed by atoms with Gasteiger partial charge in [-0.2, -0.15) is 16.8 Å². The van der Waals surface area contributed by atoms with Crippen molar-refractivity contribution in [3.63, 3.8) is 0 Å². The molecule has 2 aromatic rings. The molecule has 2 rings (SSSR count). The van der Waals surface area contributed by atoms with Gasteiger partial charge in [-0.15, -0.1) is 0 Å². The summed E-state index contributed by atoms with van der Waals surface area (Å²) in [4.78, 5) is -1.19. The molecule has 21 heavy (non-hydrogen) atoms. The number of hydrogen-bond donors (Lipinski definition) is 4. The van der Waals surface area contributed by atoms with Gasteiger partial charge in [0.1, 0.15) is 5.75 Å². The Bertz CT molecular complexity index is 849. The van der Waals surface area contributed by atoms with Crippen LogP contribution in [0.1, 0.15) is 0 Å². The van der Waals surface area contributed by atoms with Gasteiger partial charge >= 0.3 is 29.6 Å². The predicted molar refractivity (Wildman–Crippen MR) is 69.7 cm³/mol. The van der Waals surface area contributed by atoms with Crippen LogP contribution < -0.4 is 35.3 Å². The van der Waals surface area contributed by atoms with Gasteiger partial charge in [0.25, 0.3) is 20.2 Å². The number of rotatable bonds is 2. The molecular formula is C10H9NNaO7S2+. The van der Waals surface area contributed by atoms with Crippen LogP contribution in [0.25, 0.3) is 10.8 Å². The second-order valence-electron chi connectivity index (χ2n) is 4.00. The van der Waals surface area contributed by atoms with Crippen LogP contribution in [0.4, 0.5) is 5.69 Å². The van der Waals surface area contributed by atoms with E-state index in [1.807, 2.05) is 0 Å². The molecule has 108 valence electrons. The van der Waals surface area contributed by atoms with Crippen LogP contribution >= 0.6 is 0 Å². The number of phenolic OH excluding ortho intramolecular Hbond substituents is 1. The summed E-state index contributed by atoms with van der Waals surface area (Å²) in [6.45, 7) is 0. The molecule has 0 amide bonds. The molecule has 0 aliphatic carbocycles. The summed E-state index contributed by atoms with van der Waals surface area (Å²) in [5.41, 5.74) is 5.39. The SMILES string of the molecule is Nc1cc(S(=O)(=O)O)cc2cc(S(=O)(=O)O)cc(O)c12.[Na+]. The molecule has 0 saturated heterocycles. The van der Waals surface area contributed by atoms with E-state index in [-0.39, 0.29) is 46.0 Å². The second kappa shape index (κ2) is 5.72. The summed E-state index contributed by atoms with van der Waals surface area (Å²) < 4.78 is 62.1. The van der Waals surface area contributed by atoms with Gasteiger partial charge < -0.3 is 10.8 Å². The van der Waals surface area contributed by atoms with Gasteiger partial charge in [0, 0.05) is 17.1 Å². The van der Waals surface area contributed by atoms with Crippen molar-refractivity contribution < 1.29 is 60.6 Å². The summed E-state index contributed by atoms with van der Waals surface area (Å²) in [7, 11) is -9.14. The van der Waals surface area contributed by atoms with E-state index in [0.717, 1.165) is 24.3 Å². The summed E-state index contributed by atoms with van der Waals surface area (Å²) in [5, 5.41) is 9.66. The quantitative estimate of drug-likeness (QED) is 0.268. The molecule has 0 spiro atoms. The van der Waals surface area contributed by atoms with Crippen molar-refractivity contribution in [2.75, 3.05) is 5.73 Å². The molecular weight excluding hydrogens is 333 g/mol. The molecule has 0 saturated carbocycles. The van der Waals surface area contributed by atoms with Crippen molar-refractivity contribution in [2.45, 2.75) is 9.79 Å². The van der Waals surface area contributed by atoms with Crippen molar-refractivity contribution in [3.05, 3.63) is 24.3 Å². The van der Waals surface area contributed by atoms with Crippen molar-refractivity contribution >= 4 is 36.7 Å². The first kappa shape index (κ1) is 18.2. The molecule has 0 heterocycles. The van der Waals surface area contributed by atoms with Crippen LogP contribution in [0.2, 0.25) is 0 Å². The Morgan fingerprint density at radius 3 is 1.71 bits per heavy atom. The van der Waals surface area contributed by atoms with Crippen LogP contribution in [0, 0.1) is 0 Å². The second-order valence-corrected chi connectivity index (χ2v) is 6.85. The molecule has 11 heteroatoms. The van der Waals surface area contributed by atoms with Gasteiger partial charge in [0.15, 0.2) is 0 Å². The third-order valence-corrected chi connectivity index (χ3v) is 4.26. The van der Waals surface area contributed by atoms with Crippen LogP contribution in [0.15, 0.2) is 34.1 Å². The van der Waals surface area contributed by atoms with Crippen LogP contribution in [-0.4, -0.2) is 31.0 Å². The largest absolute Gasteiger partial charge is 1.00 e. The van der Waals surface area contributed by atoms with Gasteiger partial charge in [-0.25, -0.2) is 0 Å². The normalized spacial score (nSPS) is 12.1. The molecule has 0 atom stereocenters. The summed E-state index contributed by atoms with van der Waals surface area (Å²) >= 11 is 0. The van der Waals surface area contributed by atoms with Crippen LogP contribution in [-0.2, 0) is 20.2 Å². The first-order valence-corrected chi connectivity index (χ1v) is 7.89. The van der Waals surface area contributed by atoms with E-state index < -0.39 is 35.8 Å². The van der Waals surface area contributed by atoms with E-state index in [0.29, 0.717) is 0 Å². The molecule has 8 nitrogen and oxygen atoms in total. The fourth-order valence-electron chi connectivity index (χ4n) is 1.77. The minimum atomic E-state index is -4.59. The maximum absolute atomic E-state index is 11.1. The number of hydrogen-bond acceptors (Lipinski definition) is 6. The number of aromatic hydroxyl groups is 1. The Hall–Kier alpha value is -0.880. The monoisotopic (exact) mass is 342 g/mol. The molecule has 0 fully saturated rings. The van der Waals surface area contributed by atoms with Gasteiger partial charge in [-0.05, 0) is 23.6 Å². The van der Waals surface area contributed by atoms with E-state index in [1.165, 1.54) is 0 Å². The Kier molecular flexibility index (Phi) is 4.95. The smallest absolute Gasteiger partial charge is 0.507 e. The van der Waals surface area contributed by atoms with Crippen LogP contribution in [0.5, 0.6) is 5.75 Å². The third kappa shape index (κ3) is 3.66. The summed E-state index contributed by atoms with van der Waals surface area (Å²) in [5.74, 6) is -0.547. The van der Waals surface area contributed by atoms with Crippen molar-refractivity contribution in [1.29, 1.82) is 0 Å². The fraction of sp³-hybridized carbons (Fsp3) is 0. The molecule has 0 unspecified atom stereocenters. The van der Waals surface area contributed by atoms with Gasteiger partial charge in [0.05, 0.1) is 9.79 Å². The Morgan fingerprint density at radius 2 is 1.29 bits per heavy atom. The average Bonchev–Trinajstić information content (AvgIpc) is 2.25. The molecule has 0 bridgehead atoms. The van der Waals surface area contributed by atoms with E-state index >= 15 is 0 Å². The zero-order valence-corrected chi connectivity index (χ0v) is 14.3. The number of anilines is 1.